The van der Waals surface area contributed by atoms with Crippen LogP contribution in [0.25, 0.3) is 10.8 Å². The van der Waals surface area contributed by atoms with Gasteiger partial charge in [0.1, 0.15) is 0 Å². The van der Waals surface area contributed by atoms with Gasteiger partial charge >= 0.3 is 0 Å². The number of anilines is 1. The summed E-state index contributed by atoms with van der Waals surface area (Å²) in [6, 6.07) is 10.2. The van der Waals surface area contributed by atoms with Crippen LogP contribution in [0.2, 0.25) is 5.02 Å². The highest BCUT2D eigenvalue weighted by atomic mass is 35.5. The summed E-state index contributed by atoms with van der Waals surface area (Å²) in [6.07, 6.45) is 3.44. The van der Waals surface area contributed by atoms with Crippen molar-refractivity contribution in [1.82, 2.24) is 0 Å². The summed E-state index contributed by atoms with van der Waals surface area (Å²) >= 11 is 6.15. The van der Waals surface area contributed by atoms with E-state index in [-0.39, 0.29) is 0 Å². The normalized spacial score (nSPS) is 10.9. The summed E-state index contributed by atoms with van der Waals surface area (Å²) in [5, 5.41) is 2.98. The quantitative estimate of drug-likeness (QED) is 0.781. The third kappa shape index (κ3) is 2.00. The number of benzene rings is 2. The standard InChI is InChI=1S/C14H16ClN/c1-2-3-6-10-9-13(15)14(16)12-8-5-4-7-11(10)12/h4-5,7-9H,2-3,6,16H2,1H3. The van der Waals surface area contributed by atoms with Gasteiger partial charge in [0.05, 0.1) is 10.7 Å². The first kappa shape index (κ1) is 11.3. The van der Waals surface area contributed by atoms with Crippen LogP contribution in [0, 0.1) is 0 Å². The maximum Gasteiger partial charge on any atom is 0.0644 e. The molecule has 2 aromatic carbocycles. The summed E-state index contributed by atoms with van der Waals surface area (Å²) in [5.74, 6) is 0. The molecule has 0 atom stereocenters. The number of rotatable bonds is 3. The molecule has 2 heteroatoms. The molecule has 0 fully saturated rings. The number of hydrogen-bond acceptors (Lipinski definition) is 1. The summed E-state index contributed by atoms with van der Waals surface area (Å²) in [4.78, 5) is 0. The van der Waals surface area contributed by atoms with Crippen molar-refractivity contribution in [1.29, 1.82) is 0 Å². The van der Waals surface area contributed by atoms with Gasteiger partial charge in [-0.25, -0.2) is 0 Å². The van der Waals surface area contributed by atoms with E-state index in [1.54, 1.807) is 0 Å². The molecule has 0 amide bonds. The molecule has 0 saturated carbocycles. The molecule has 2 N–H and O–H groups in total. The lowest BCUT2D eigenvalue weighted by molar-refractivity contribution is 0.799. The molecule has 0 unspecified atom stereocenters. The fourth-order valence-electron chi connectivity index (χ4n) is 2.01. The molecule has 0 aliphatic heterocycles. The third-order valence-corrected chi connectivity index (χ3v) is 3.23. The Morgan fingerprint density at radius 1 is 1.19 bits per heavy atom. The van der Waals surface area contributed by atoms with Crippen LogP contribution in [0.15, 0.2) is 30.3 Å². The van der Waals surface area contributed by atoms with E-state index >= 15 is 0 Å². The molecule has 1 nitrogen and oxygen atoms in total. The molecule has 0 spiro atoms. The molecular weight excluding hydrogens is 218 g/mol. The second kappa shape index (κ2) is 4.75. The van der Waals surface area contributed by atoms with Gasteiger partial charge in [0.2, 0.25) is 0 Å². The van der Waals surface area contributed by atoms with Crippen LogP contribution in [0.5, 0.6) is 0 Å². The number of hydrogen-bond donors (Lipinski definition) is 1. The van der Waals surface area contributed by atoms with Crippen LogP contribution < -0.4 is 5.73 Å². The van der Waals surface area contributed by atoms with Crippen molar-refractivity contribution < 1.29 is 0 Å². The zero-order chi connectivity index (χ0) is 11.5. The Morgan fingerprint density at radius 3 is 2.56 bits per heavy atom. The maximum absolute atomic E-state index is 6.15. The Labute approximate surface area is 101 Å². The van der Waals surface area contributed by atoms with Crippen molar-refractivity contribution in [3.05, 3.63) is 40.9 Å². The van der Waals surface area contributed by atoms with Crippen LogP contribution in [0.4, 0.5) is 5.69 Å². The van der Waals surface area contributed by atoms with Gasteiger partial charge in [0.25, 0.3) is 0 Å². The van der Waals surface area contributed by atoms with Crippen LogP contribution >= 0.6 is 11.6 Å². The number of unbranched alkanes of at least 4 members (excludes halogenated alkanes) is 1. The molecule has 0 bridgehead atoms. The van der Waals surface area contributed by atoms with Gasteiger partial charge in [-0.1, -0.05) is 49.2 Å². The second-order valence-corrected chi connectivity index (χ2v) is 4.49. The number of halogens is 1. The highest BCUT2D eigenvalue weighted by Crippen LogP contribution is 2.32. The van der Waals surface area contributed by atoms with Crippen LogP contribution in [0.3, 0.4) is 0 Å². The van der Waals surface area contributed by atoms with E-state index in [9.17, 15) is 0 Å². The maximum atomic E-state index is 6.15. The smallest absolute Gasteiger partial charge is 0.0644 e. The Bertz CT molecular complexity index is 505. The lowest BCUT2D eigenvalue weighted by Crippen LogP contribution is -1.93. The fourth-order valence-corrected chi connectivity index (χ4v) is 2.24. The summed E-state index contributed by atoms with van der Waals surface area (Å²) in [7, 11) is 0. The first-order chi connectivity index (χ1) is 7.74. The molecule has 2 aromatic rings. The average molecular weight is 234 g/mol. The number of nitrogens with two attached hydrogens (primary N) is 1. The van der Waals surface area contributed by atoms with E-state index in [0.29, 0.717) is 10.7 Å². The van der Waals surface area contributed by atoms with Gasteiger partial charge in [-0.15, -0.1) is 0 Å². The van der Waals surface area contributed by atoms with Gasteiger partial charge < -0.3 is 5.73 Å². The van der Waals surface area contributed by atoms with Crippen molar-refractivity contribution in [3.8, 4) is 0 Å². The van der Waals surface area contributed by atoms with Gasteiger partial charge in [0, 0.05) is 5.39 Å². The zero-order valence-electron chi connectivity index (χ0n) is 9.46. The molecule has 0 saturated heterocycles. The number of fused-ring (bicyclic) bond motifs is 1. The second-order valence-electron chi connectivity index (χ2n) is 4.08. The first-order valence-corrected chi connectivity index (χ1v) is 6.07. The summed E-state index contributed by atoms with van der Waals surface area (Å²) in [5.41, 5.74) is 7.98. The van der Waals surface area contributed by atoms with E-state index in [4.69, 9.17) is 17.3 Å². The Morgan fingerprint density at radius 2 is 1.88 bits per heavy atom. The lowest BCUT2D eigenvalue weighted by atomic mass is 9.99. The molecule has 84 valence electrons. The average Bonchev–Trinajstić information content (AvgIpc) is 2.32. The topological polar surface area (TPSA) is 26.0 Å². The van der Waals surface area contributed by atoms with Crippen molar-refractivity contribution in [2.75, 3.05) is 5.73 Å². The van der Waals surface area contributed by atoms with E-state index in [2.05, 4.69) is 13.0 Å². The van der Waals surface area contributed by atoms with E-state index in [1.165, 1.54) is 23.8 Å². The van der Waals surface area contributed by atoms with E-state index in [0.717, 1.165) is 11.8 Å². The van der Waals surface area contributed by atoms with Crippen molar-refractivity contribution in [3.63, 3.8) is 0 Å². The molecule has 0 radical (unpaired) electrons. The third-order valence-electron chi connectivity index (χ3n) is 2.92. The first-order valence-electron chi connectivity index (χ1n) is 5.69. The molecule has 0 aliphatic carbocycles. The van der Waals surface area contributed by atoms with Gasteiger partial charge in [-0.05, 0) is 29.9 Å². The monoisotopic (exact) mass is 233 g/mol. The highest BCUT2D eigenvalue weighted by Gasteiger charge is 2.07. The van der Waals surface area contributed by atoms with Crippen LogP contribution in [-0.4, -0.2) is 0 Å². The van der Waals surface area contributed by atoms with Crippen LogP contribution in [0.1, 0.15) is 25.3 Å². The number of aryl methyl sites for hydroxylation is 1. The summed E-state index contributed by atoms with van der Waals surface area (Å²) in [6.45, 7) is 2.20. The van der Waals surface area contributed by atoms with E-state index in [1.807, 2.05) is 24.3 Å². The van der Waals surface area contributed by atoms with Crippen molar-refractivity contribution >= 4 is 28.1 Å². The van der Waals surface area contributed by atoms with Crippen molar-refractivity contribution in [2.24, 2.45) is 0 Å². The molecule has 0 aliphatic rings. The van der Waals surface area contributed by atoms with Gasteiger partial charge in [0.15, 0.2) is 0 Å². The molecule has 0 heterocycles. The molecular formula is C14H16ClN. The Balaban J connectivity index is 2.60. The largest absolute Gasteiger partial charge is 0.397 e. The Hall–Kier alpha value is -1.21. The van der Waals surface area contributed by atoms with Gasteiger partial charge in [-0.3, -0.25) is 0 Å². The Kier molecular flexibility index (Phi) is 3.35. The minimum absolute atomic E-state index is 0.671. The lowest BCUT2D eigenvalue weighted by Gasteiger charge is -2.10. The fraction of sp³-hybridized carbons (Fsp3) is 0.286. The minimum atomic E-state index is 0.671. The van der Waals surface area contributed by atoms with Crippen molar-refractivity contribution in [2.45, 2.75) is 26.2 Å². The number of nitrogen functional groups attached to an aromatic ring is 1. The van der Waals surface area contributed by atoms with E-state index < -0.39 is 0 Å². The highest BCUT2D eigenvalue weighted by molar-refractivity contribution is 6.34. The SMILES string of the molecule is CCCCc1cc(Cl)c(N)c2ccccc12. The predicted molar refractivity (Wildman–Crippen MR) is 72.0 cm³/mol. The van der Waals surface area contributed by atoms with Crippen LogP contribution in [-0.2, 0) is 6.42 Å². The predicted octanol–water partition coefficient (Wildman–Crippen LogP) is 4.42. The molecule has 2 rings (SSSR count). The minimum Gasteiger partial charge on any atom is -0.397 e. The molecule has 16 heavy (non-hydrogen) atoms. The van der Waals surface area contributed by atoms with Gasteiger partial charge in [-0.2, -0.15) is 0 Å². The summed E-state index contributed by atoms with van der Waals surface area (Å²) < 4.78 is 0. The molecule has 0 aromatic heterocycles. The zero-order valence-corrected chi connectivity index (χ0v) is 10.2.